The van der Waals surface area contributed by atoms with Crippen LogP contribution in [0.15, 0.2) is 33.7 Å². The summed E-state index contributed by atoms with van der Waals surface area (Å²) in [5.41, 5.74) is 6.45. The Morgan fingerprint density at radius 1 is 1.24 bits per heavy atom. The number of nitrogens with two attached hydrogens (primary N) is 1. The van der Waals surface area contributed by atoms with Gasteiger partial charge in [-0.2, -0.15) is 4.98 Å². The zero-order valence-electron chi connectivity index (χ0n) is 11.5. The summed E-state index contributed by atoms with van der Waals surface area (Å²) in [5, 5.41) is 0.298. The molecule has 0 aliphatic carbocycles. The molecule has 0 aliphatic rings. The lowest BCUT2D eigenvalue weighted by Crippen LogP contribution is -2.10. The average Bonchev–Trinajstić information content (AvgIpc) is 2.89. The van der Waals surface area contributed by atoms with Gasteiger partial charge in [0.25, 0.3) is 5.56 Å². The zero-order valence-corrected chi connectivity index (χ0v) is 11.5. The zero-order chi connectivity index (χ0) is 15.0. The molecule has 0 amide bonds. The van der Waals surface area contributed by atoms with Gasteiger partial charge in [0.05, 0.1) is 19.8 Å². The molecule has 7 nitrogen and oxygen atoms in total. The van der Waals surface area contributed by atoms with Crippen LogP contribution in [0.3, 0.4) is 0 Å². The van der Waals surface area contributed by atoms with Crippen LogP contribution in [0.5, 0.6) is 11.5 Å². The molecule has 3 aromatic rings. The van der Waals surface area contributed by atoms with E-state index < -0.39 is 0 Å². The van der Waals surface area contributed by atoms with Crippen molar-refractivity contribution >= 4 is 17.0 Å². The van der Waals surface area contributed by atoms with E-state index in [0.29, 0.717) is 28.0 Å². The number of anilines is 1. The van der Waals surface area contributed by atoms with Crippen molar-refractivity contribution in [3.8, 4) is 22.6 Å². The van der Waals surface area contributed by atoms with Crippen LogP contribution in [0.1, 0.15) is 0 Å². The molecule has 0 saturated heterocycles. The van der Waals surface area contributed by atoms with E-state index in [-0.39, 0.29) is 17.2 Å². The Hall–Kier alpha value is -2.96. The Kier molecular flexibility index (Phi) is 3.02. The van der Waals surface area contributed by atoms with Gasteiger partial charge in [-0.3, -0.25) is 9.78 Å². The summed E-state index contributed by atoms with van der Waals surface area (Å²) in [6.07, 6.45) is 1.44. The van der Waals surface area contributed by atoms with Gasteiger partial charge in [0.2, 0.25) is 11.7 Å². The molecule has 3 rings (SSSR count). The molecule has 0 aliphatic heterocycles. The molecule has 0 spiro atoms. The van der Waals surface area contributed by atoms with E-state index >= 15 is 0 Å². The van der Waals surface area contributed by atoms with Gasteiger partial charge >= 0.3 is 0 Å². The lowest BCUT2D eigenvalue weighted by atomic mass is 10.0. The largest absolute Gasteiger partial charge is 0.496 e. The van der Waals surface area contributed by atoms with Gasteiger partial charge in [-0.25, -0.2) is 0 Å². The summed E-state index contributed by atoms with van der Waals surface area (Å²) in [6.45, 7) is 0. The van der Waals surface area contributed by atoms with E-state index in [9.17, 15) is 4.79 Å². The van der Waals surface area contributed by atoms with Crippen molar-refractivity contribution in [2.75, 3.05) is 20.0 Å². The molecule has 108 valence electrons. The minimum Gasteiger partial charge on any atom is -0.496 e. The highest BCUT2D eigenvalue weighted by Crippen LogP contribution is 2.41. The van der Waals surface area contributed by atoms with E-state index in [1.807, 2.05) is 0 Å². The molecule has 0 radical (unpaired) electrons. The van der Waals surface area contributed by atoms with Gasteiger partial charge < -0.3 is 19.6 Å². The minimum atomic E-state index is -0.380. The summed E-state index contributed by atoms with van der Waals surface area (Å²) in [4.78, 5) is 18.6. The van der Waals surface area contributed by atoms with Crippen LogP contribution in [0.2, 0.25) is 0 Å². The lowest BCUT2D eigenvalue weighted by molar-refractivity contribution is 0.397. The van der Waals surface area contributed by atoms with Crippen LogP contribution < -0.4 is 20.8 Å². The van der Waals surface area contributed by atoms with E-state index in [0.717, 1.165) is 0 Å². The van der Waals surface area contributed by atoms with Crippen molar-refractivity contribution in [1.29, 1.82) is 0 Å². The number of nitrogens with zero attached hydrogens (tertiary/aromatic N) is 1. The molecule has 21 heavy (non-hydrogen) atoms. The minimum absolute atomic E-state index is 0.000363. The van der Waals surface area contributed by atoms with Crippen molar-refractivity contribution < 1.29 is 13.9 Å². The maximum absolute atomic E-state index is 12.1. The first-order valence-corrected chi connectivity index (χ1v) is 6.14. The molecule has 1 aromatic carbocycles. The van der Waals surface area contributed by atoms with Crippen LogP contribution >= 0.6 is 0 Å². The molecule has 2 aromatic heterocycles. The fraction of sp³-hybridized carbons (Fsp3) is 0.143. The van der Waals surface area contributed by atoms with E-state index in [1.165, 1.54) is 6.26 Å². The van der Waals surface area contributed by atoms with E-state index in [4.69, 9.17) is 19.6 Å². The van der Waals surface area contributed by atoms with E-state index in [1.54, 1.807) is 32.4 Å². The number of benzene rings is 1. The molecule has 7 heteroatoms. The van der Waals surface area contributed by atoms with Gasteiger partial charge in [-0.1, -0.05) is 6.07 Å². The molecule has 0 saturated carbocycles. The molecule has 0 bridgehead atoms. The Bertz CT molecular complexity index is 844. The van der Waals surface area contributed by atoms with Crippen molar-refractivity contribution in [2.45, 2.75) is 0 Å². The number of fused-ring (bicyclic) bond motifs is 1. The summed E-state index contributed by atoms with van der Waals surface area (Å²) in [7, 11) is 3.09. The summed E-state index contributed by atoms with van der Waals surface area (Å²) >= 11 is 0. The fourth-order valence-corrected chi connectivity index (χ4v) is 2.27. The standard InChI is InChI=1S/C14H13N3O4/c1-19-8-4-3-5-9(20-2)10(8)7-6-21-13-11(7)12(18)16-14(15)17-13/h3-6H,1-2H3,(H3,15,16,17,18). The summed E-state index contributed by atoms with van der Waals surface area (Å²) in [5.74, 6) is 1.13. The Morgan fingerprint density at radius 2 is 1.90 bits per heavy atom. The van der Waals surface area contributed by atoms with Crippen LogP contribution in [0.25, 0.3) is 22.2 Å². The fourth-order valence-electron chi connectivity index (χ4n) is 2.27. The highest BCUT2D eigenvalue weighted by molar-refractivity contribution is 5.95. The maximum Gasteiger partial charge on any atom is 0.264 e. The third-order valence-electron chi connectivity index (χ3n) is 3.16. The first-order chi connectivity index (χ1) is 10.2. The van der Waals surface area contributed by atoms with Crippen LogP contribution in [-0.2, 0) is 0 Å². The number of aromatic amines is 1. The Balaban J connectivity index is 2.39. The molecular formula is C14H13N3O4. The van der Waals surface area contributed by atoms with Gasteiger partial charge in [0, 0.05) is 5.56 Å². The normalized spacial score (nSPS) is 10.8. The number of methoxy groups -OCH3 is 2. The quantitative estimate of drug-likeness (QED) is 0.761. The second kappa shape index (κ2) is 4.86. The highest BCUT2D eigenvalue weighted by Gasteiger charge is 2.20. The molecule has 0 fully saturated rings. The van der Waals surface area contributed by atoms with Crippen LogP contribution in [0.4, 0.5) is 5.95 Å². The third-order valence-corrected chi connectivity index (χ3v) is 3.16. The first kappa shape index (κ1) is 13.0. The molecule has 0 atom stereocenters. The predicted octanol–water partition coefficient (Wildman–Crippen LogP) is 1.78. The number of ether oxygens (including phenoxy) is 2. The number of hydrogen-bond acceptors (Lipinski definition) is 6. The van der Waals surface area contributed by atoms with Gasteiger partial charge in [0.15, 0.2) is 0 Å². The molecular weight excluding hydrogens is 274 g/mol. The van der Waals surface area contributed by atoms with Gasteiger partial charge in [-0.15, -0.1) is 0 Å². The molecule has 2 heterocycles. The van der Waals surface area contributed by atoms with Gasteiger partial charge in [-0.05, 0) is 12.1 Å². The first-order valence-electron chi connectivity index (χ1n) is 6.14. The van der Waals surface area contributed by atoms with Crippen molar-refractivity contribution in [1.82, 2.24) is 9.97 Å². The smallest absolute Gasteiger partial charge is 0.264 e. The Morgan fingerprint density at radius 3 is 2.52 bits per heavy atom. The topological polar surface area (TPSA) is 103 Å². The summed E-state index contributed by atoms with van der Waals surface area (Å²) in [6, 6.07) is 5.34. The number of aromatic nitrogens is 2. The number of hydrogen-bond donors (Lipinski definition) is 2. The van der Waals surface area contributed by atoms with Gasteiger partial charge in [0.1, 0.15) is 23.1 Å². The summed E-state index contributed by atoms with van der Waals surface area (Å²) < 4.78 is 16.0. The lowest BCUT2D eigenvalue weighted by Gasteiger charge is -2.11. The predicted molar refractivity (Wildman–Crippen MR) is 77.6 cm³/mol. The number of furan rings is 1. The average molecular weight is 287 g/mol. The number of nitrogens with one attached hydrogen (secondary N) is 1. The number of H-pyrrole nitrogens is 1. The highest BCUT2D eigenvalue weighted by atomic mass is 16.5. The second-order valence-corrected chi connectivity index (χ2v) is 4.32. The van der Waals surface area contributed by atoms with E-state index in [2.05, 4.69) is 9.97 Å². The number of rotatable bonds is 3. The van der Waals surface area contributed by atoms with Crippen LogP contribution in [0, 0.1) is 0 Å². The van der Waals surface area contributed by atoms with Crippen molar-refractivity contribution in [3.63, 3.8) is 0 Å². The molecule has 3 N–H and O–H groups in total. The SMILES string of the molecule is COc1cccc(OC)c1-c1coc2nc(N)[nH]c(=O)c12. The van der Waals surface area contributed by atoms with Crippen LogP contribution in [-0.4, -0.2) is 24.2 Å². The maximum atomic E-state index is 12.1. The van der Waals surface area contributed by atoms with Crippen molar-refractivity contribution in [2.24, 2.45) is 0 Å². The Labute approximate surface area is 119 Å². The second-order valence-electron chi connectivity index (χ2n) is 4.32. The number of nitrogen functional groups attached to an aromatic ring is 1. The monoisotopic (exact) mass is 287 g/mol. The van der Waals surface area contributed by atoms with Crippen molar-refractivity contribution in [3.05, 3.63) is 34.8 Å². The third kappa shape index (κ3) is 1.99. The molecule has 0 unspecified atom stereocenters.